The van der Waals surface area contributed by atoms with E-state index in [4.69, 9.17) is 16.3 Å². The van der Waals surface area contributed by atoms with Gasteiger partial charge in [0.1, 0.15) is 5.82 Å². The molecule has 17 heavy (non-hydrogen) atoms. The van der Waals surface area contributed by atoms with Gasteiger partial charge in [0, 0.05) is 19.3 Å². The molecule has 0 spiro atoms. The molecule has 3 rings (SSSR count). The molecular formula is C11H14ClN3OS. The summed E-state index contributed by atoms with van der Waals surface area (Å²) in [6, 6.07) is 0. The zero-order chi connectivity index (χ0) is 11.9. The second-order valence-corrected chi connectivity index (χ2v) is 6.00. The third kappa shape index (κ3) is 2.23. The molecule has 92 valence electrons. The molecule has 1 aromatic rings. The summed E-state index contributed by atoms with van der Waals surface area (Å²) in [5, 5.41) is 3.83. The van der Waals surface area contributed by atoms with Crippen LogP contribution in [0.5, 0.6) is 0 Å². The molecule has 1 aliphatic carbocycles. The molecule has 0 saturated heterocycles. The number of nitrogens with zero attached hydrogens (tertiary/aromatic N) is 2. The molecule has 1 N–H and O–H groups in total. The summed E-state index contributed by atoms with van der Waals surface area (Å²) in [7, 11) is 1.73. The van der Waals surface area contributed by atoms with Gasteiger partial charge in [0.2, 0.25) is 5.28 Å². The summed E-state index contributed by atoms with van der Waals surface area (Å²) in [5.74, 6) is 1.95. The maximum absolute atomic E-state index is 5.95. The number of ether oxygens (including phenoxy) is 1. The number of halogens is 1. The summed E-state index contributed by atoms with van der Waals surface area (Å²) in [6.07, 6.45) is 3.23. The van der Waals surface area contributed by atoms with Crippen LogP contribution in [0.1, 0.15) is 18.5 Å². The largest absolute Gasteiger partial charge is 0.382 e. The predicted octanol–water partition coefficient (Wildman–Crippen LogP) is 2.37. The van der Waals surface area contributed by atoms with Crippen LogP contribution in [0.15, 0.2) is 4.90 Å². The number of methoxy groups -OCH3 is 1. The minimum absolute atomic E-state index is 0.0728. The molecule has 0 radical (unpaired) electrons. The average Bonchev–Trinajstić information content (AvgIpc) is 2.87. The highest BCUT2D eigenvalue weighted by atomic mass is 35.5. The number of anilines is 1. The lowest BCUT2D eigenvalue weighted by molar-refractivity contribution is 0.179. The van der Waals surface area contributed by atoms with Gasteiger partial charge in [-0.25, -0.2) is 4.98 Å². The number of aromatic nitrogens is 2. The van der Waals surface area contributed by atoms with Gasteiger partial charge in [-0.1, -0.05) is 0 Å². The van der Waals surface area contributed by atoms with E-state index in [0.717, 1.165) is 41.4 Å². The lowest BCUT2D eigenvalue weighted by Gasteiger charge is -2.18. The van der Waals surface area contributed by atoms with Crippen LogP contribution in [0.25, 0.3) is 0 Å². The molecule has 0 bridgehead atoms. The number of aryl methyl sites for hydroxylation is 1. The first-order chi connectivity index (χ1) is 8.22. The van der Waals surface area contributed by atoms with Gasteiger partial charge in [0.15, 0.2) is 0 Å². The van der Waals surface area contributed by atoms with E-state index in [0.29, 0.717) is 11.9 Å². The number of hydrogen-bond acceptors (Lipinski definition) is 5. The van der Waals surface area contributed by atoms with Crippen molar-refractivity contribution >= 4 is 29.2 Å². The van der Waals surface area contributed by atoms with Crippen LogP contribution in [0.2, 0.25) is 5.28 Å². The van der Waals surface area contributed by atoms with Crippen LogP contribution < -0.4 is 5.32 Å². The molecule has 1 aliphatic heterocycles. The number of hydrogen-bond donors (Lipinski definition) is 1. The monoisotopic (exact) mass is 271 g/mol. The van der Waals surface area contributed by atoms with Crippen molar-refractivity contribution in [1.82, 2.24) is 9.97 Å². The lowest BCUT2D eigenvalue weighted by atomic mass is 10.2. The van der Waals surface area contributed by atoms with Crippen molar-refractivity contribution < 1.29 is 4.74 Å². The Morgan fingerprint density at radius 2 is 2.29 bits per heavy atom. The molecule has 0 aromatic carbocycles. The molecule has 0 unspecified atom stereocenters. The van der Waals surface area contributed by atoms with E-state index in [9.17, 15) is 0 Å². The zero-order valence-corrected chi connectivity index (χ0v) is 11.2. The quantitative estimate of drug-likeness (QED) is 0.852. The van der Waals surface area contributed by atoms with Crippen LogP contribution in [0, 0.1) is 0 Å². The van der Waals surface area contributed by atoms with E-state index >= 15 is 0 Å². The van der Waals surface area contributed by atoms with Crippen molar-refractivity contribution in [3.8, 4) is 0 Å². The minimum atomic E-state index is 0.0728. The van der Waals surface area contributed by atoms with Crippen LogP contribution in [0.3, 0.4) is 0 Å². The summed E-state index contributed by atoms with van der Waals surface area (Å²) in [5.41, 5.74) is 1.15. The van der Waals surface area contributed by atoms with Gasteiger partial charge in [0.25, 0.3) is 0 Å². The van der Waals surface area contributed by atoms with Crippen molar-refractivity contribution in [3.05, 3.63) is 11.0 Å². The van der Waals surface area contributed by atoms with Crippen molar-refractivity contribution in [1.29, 1.82) is 0 Å². The third-order valence-corrected chi connectivity index (χ3v) is 4.45. The van der Waals surface area contributed by atoms with Gasteiger partial charge >= 0.3 is 0 Å². The second-order valence-electron chi connectivity index (χ2n) is 4.55. The van der Waals surface area contributed by atoms with Crippen LogP contribution in [-0.2, 0) is 11.2 Å². The number of rotatable bonds is 4. The lowest BCUT2D eigenvalue weighted by Crippen LogP contribution is -2.27. The van der Waals surface area contributed by atoms with E-state index in [1.54, 1.807) is 18.9 Å². The Bertz CT molecular complexity index is 451. The second kappa shape index (κ2) is 4.30. The Kier molecular flexibility index (Phi) is 2.92. The normalized spacial score (nSPS) is 20.1. The summed E-state index contributed by atoms with van der Waals surface area (Å²) in [6.45, 7) is 0.716. The molecule has 1 fully saturated rings. The first-order valence-electron chi connectivity index (χ1n) is 5.69. The van der Waals surface area contributed by atoms with Gasteiger partial charge in [-0.2, -0.15) is 4.98 Å². The van der Waals surface area contributed by atoms with E-state index in [2.05, 4.69) is 15.3 Å². The average molecular weight is 272 g/mol. The van der Waals surface area contributed by atoms with E-state index in [1.807, 2.05) is 0 Å². The van der Waals surface area contributed by atoms with E-state index in [-0.39, 0.29) is 5.54 Å². The summed E-state index contributed by atoms with van der Waals surface area (Å²) in [4.78, 5) is 9.76. The molecule has 6 heteroatoms. The Morgan fingerprint density at radius 3 is 3.00 bits per heavy atom. The Hall–Kier alpha value is -0.520. The SMILES string of the molecule is COCC1(Nc2nc(Cl)nc3c2SCC3)CC1. The molecule has 2 heterocycles. The zero-order valence-electron chi connectivity index (χ0n) is 9.62. The van der Waals surface area contributed by atoms with E-state index in [1.165, 1.54) is 0 Å². The van der Waals surface area contributed by atoms with Gasteiger partial charge < -0.3 is 10.1 Å². The first kappa shape index (κ1) is 11.6. The molecular weight excluding hydrogens is 258 g/mol. The van der Waals surface area contributed by atoms with Gasteiger partial charge in [-0.15, -0.1) is 11.8 Å². The molecule has 1 aromatic heterocycles. The molecule has 4 nitrogen and oxygen atoms in total. The molecule has 2 aliphatic rings. The maximum Gasteiger partial charge on any atom is 0.224 e. The van der Waals surface area contributed by atoms with Crippen LogP contribution >= 0.6 is 23.4 Å². The summed E-state index contributed by atoms with van der Waals surface area (Å²) < 4.78 is 5.25. The number of fused-ring (bicyclic) bond motifs is 1. The van der Waals surface area contributed by atoms with Gasteiger partial charge in [0.05, 0.1) is 22.7 Å². The fourth-order valence-electron chi connectivity index (χ4n) is 2.11. The highest BCUT2D eigenvalue weighted by molar-refractivity contribution is 7.99. The Labute approximate surface area is 110 Å². The van der Waals surface area contributed by atoms with Crippen molar-refractivity contribution in [2.45, 2.75) is 29.7 Å². The van der Waals surface area contributed by atoms with Crippen molar-refractivity contribution in [3.63, 3.8) is 0 Å². The fourth-order valence-corrected chi connectivity index (χ4v) is 3.34. The summed E-state index contributed by atoms with van der Waals surface area (Å²) >= 11 is 7.75. The van der Waals surface area contributed by atoms with E-state index < -0.39 is 0 Å². The highest BCUT2D eigenvalue weighted by Crippen LogP contribution is 2.43. The molecule has 0 atom stereocenters. The topological polar surface area (TPSA) is 47.0 Å². The maximum atomic E-state index is 5.95. The standard InChI is InChI=1S/C11H14ClN3OS/c1-16-6-11(3-4-11)15-9-8-7(2-5-17-8)13-10(12)14-9/h2-6H2,1H3,(H,13,14,15). The van der Waals surface area contributed by atoms with Crippen LogP contribution in [0.4, 0.5) is 5.82 Å². The smallest absolute Gasteiger partial charge is 0.224 e. The molecule has 1 saturated carbocycles. The third-order valence-electron chi connectivity index (χ3n) is 3.15. The van der Waals surface area contributed by atoms with Gasteiger partial charge in [-0.05, 0) is 24.4 Å². The fraction of sp³-hybridized carbons (Fsp3) is 0.636. The Morgan fingerprint density at radius 1 is 1.47 bits per heavy atom. The Balaban J connectivity index is 1.88. The molecule has 0 amide bonds. The van der Waals surface area contributed by atoms with Crippen molar-refractivity contribution in [2.75, 3.05) is 24.8 Å². The minimum Gasteiger partial charge on any atom is -0.382 e. The first-order valence-corrected chi connectivity index (χ1v) is 7.05. The van der Waals surface area contributed by atoms with Crippen molar-refractivity contribution in [2.24, 2.45) is 0 Å². The predicted molar refractivity (Wildman–Crippen MR) is 68.9 cm³/mol. The van der Waals surface area contributed by atoms with Gasteiger partial charge in [-0.3, -0.25) is 0 Å². The number of thioether (sulfide) groups is 1. The highest BCUT2D eigenvalue weighted by Gasteiger charge is 2.43. The van der Waals surface area contributed by atoms with Crippen LogP contribution in [-0.4, -0.2) is 35.0 Å². The number of nitrogens with one attached hydrogen (secondary N) is 1.